The van der Waals surface area contributed by atoms with E-state index in [0.29, 0.717) is 11.4 Å². The molecule has 0 fully saturated rings. The molecule has 0 radical (unpaired) electrons. The minimum absolute atomic E-state index is 0.0150. The van der Waals surface area contributed by atoms with E-state index in [4.69, 9.17) is 22.4 Å². The van der Waals surface area contributed by atoms with Gasteiger partial charge in [-0.1, -0.05) is 30.9 Å². The van der Waals surface area contributed by atoms with Crippen molar-refractivity contribution in [2.45, 2.75) is 51.0 Å². The molecule has 0 aliphatic rings. The second-order valence-corrected chi connectivity index (χ2v) is 5.52. The van der Waals surface area contributed by atoms with Crippen LogP contribution in [0.5, 0.6) is 5.75 Å². The van der Waals surface area contributed by atoms with Gasteiger partial charge in [0.2, 0.25) is 0 Å². The standard InChI is InChI=1S/C15H22ClNO3/c16-12-7-8-14(18)11(9-12)10-13(17)5-3-1-2-4-6-15(19)20/h7-9,13,18H,1-6,10,17H2,(H,19,20). The number of hydrogen-bond acceptors (Lipinski definition) is 3. The SMILES string of the molecule is NC(CCCCCCC(=O)O)Cc1cc(Cl)ccc1O. The molecule has 0 amide bonds. The van der Waals surface area contributed by atoms with Gasteiger partial charge in [0.25, 0.3) is 0 Å². The van der Waals surface area contributed by atoms with Gasteiger partial charge in [-0.3, -0.25) is 4.79 Å². The molecular weight excluding hydrogens is 278 g/mol. The normalized spacial score (nSPS) is 12.3. The quantitative estimate of drug-likeness (QED) is 0.611. The maximum absolute atomic E-state index is 10.3. The van der Waals surface area contributed by atoms with Crippen molar-refractivity contribution in [1.82, 2.24) is 0 Å². The van der Waals surface area contributed by atoms with Crippen LogP contribution in [-0.2, 0) is 11.2 Å². The molecule has 0 saturated heterocycles. The zero-order valence-electron chi connectivity index (χ0n) is 11.5. The third-order valence-corrected chi connectivity index (χ3v) is 3.47. The molecule has 1 atom stereocenters. The van der Waals surface area contributed by atoms with Crippen LogP contribution in [0, 0.1) is 0 Å². The molecule has 0 saturated carbocycles. The molecule has 1 unspecified atom stereocenters. The smallest absolute Gasteiger partial charge is 0.303 e. The lowest BCUT2D eigenvalue weighted by atomic mass is 10.00. The number of phenols is 1. The summed E-state index contributed by atoms with van der Waals surface area (Å²) in [7, 11) is 0. The zero-order chi connectivity index (χ0) is 15.0. The van der Waals surface area contributed by atoms with Crippen LogP contribution >= 0.6 is 11.6 Å². The van der Waals surface area contributed by atoms with Crippen LogP contribution in [0.1, 0.15) is 44.1 Å². The fourth-order valence-corrected chi connectivity index (χ4v) is 2.33. The Morgan fingerprint density at radius 1 is 1.25 bits per heavy atom. The first-order valence-corrected chi connectivity index (χ1v) is 7.31. The molecule has 0 heterocycles. The maximum atomic E-state index is 10.3. The molecule has 0 aliphatic carbocycles. The highest BCUT2D eigenvalue weighted by Crippen LogP contribution is 2.23. The minimum atomic E-state index is -0.738. The fourth-order valence-electron chi connectivity index (χ4n) is 2.14. The summed E-state index contributed by atoms with van der Waals surface area (Å²) in [5.41, 5.74) is 6.81. The average molecular weight is 300 g/mol. The monoisotopic (exact) mass is 299 g/mol. The molecule has 0 spiro atoms. The first-order chi connectivity index (χ1) is 9.49. The maximum Gasteiger partial charge on any atom is 0.303 e. The van der Waals surface area contributed by atoms with Crippen molar-refractivity contribution in [3.8, 4) is 5.75 Å². The van der Waals surface area contributed by atoms with Gasteiger partial charge in [-0.25, -0.2) is 0 Å². The Kier molecular flexibility index (Phi) is 7.41. The van der Waals surface area contributed by atoms with E-state index in [1.807, 2.05) is 0 Å². The average Bonchev–Trinajstić information content (AvgIpc) is 2.37. The van der Waals surface area contributed by atoms with Gasteiger partial charge in [0.15, 0.2) is 0 Å². The molecule has 0 aliphatic heterocycles. The zero-order valence-corrected chi connectivity index (χ0v) is 12.3. The van der Waals surface area contributed by atoms with Crippen LogP contribution in [-0.4, -0.2) is 22.2 Å². The highest BCUT2D eigenvalue weighted by atomic mass is 35.5. The molecule has 0 bridgehead atoms. The molecule has 1 aromatic rings. The Bertz CT molecular complexity index is 437. The number of rotatable bonds is 9. The highest BCUT2D eigenvalue weighted by molar-refractivity contribution is 6.30. The molecule has 4 nitrogen and oxygen atoms in total. The number of halogens is 1. The molecule has 1 aromatic carbocycles. The van der Waals surface area contributed by atoms with Gasteiger partial charge in [0.05, 0.1) is 0 Å². The molecule has 5 heteroatoms. The second kappa shape index (κ2) is 8.82. The third kappa shape index (κ3) is 6.78. The van der Waals surface area contributed by atoms with E-state index in [0.717, 1.165) is 37.7 Å². The molecule has 20 heavy (non-hydrogen) atoms. The van der Waals surface area contributed by atoms with Crippen LogP contribution in [0.15, 0.2) is 18.2 Å². The summed E-state index contributed by atoms with van der Waals surface area (Å²) < 4.78 is 0. The molecule has 1 rings (SSSR count). The summed E-state index contributed by atoms with van der Waals surface area (Å²) >= 11 is 5.89. The number of nitrogens with two attached hydrogens (primary N) is 1. The molecule has 0 aromatic heterocycles. The lowest BCUT2D eigenvalue weighted by Gasteiger charge is -2.13. The molecule has 112 valence electrons. The van der Waals surface area contributed by atoms with Crippen molar-refractivity contribution in [3.63, 3.8) is 0 Å². The number of carbonyl (C=O) groups is 1. The summed E-state index contributed by atoms with van der Waals surface area (Å²) in [5.74, 6) is -0.510. The van der Waals surface area contributed by atoms with Gasteiger partial charge < -0.3 is 15.9 Å². The molecule has 4 N–H and O–H groups in total. The van der Waals surface area contributed by atoms with Gasteiger partial charge >= 0.3 is 5.97 Å². The predicted molar refractivity (Wildman–Crippen MR) is 80.1 cm³/mol. The van der Waals surface area contributed by atoms with Crippen molar-refractivity contribution in [2.75, 3.05) is 0 Å². The Balaban J connectivity index is 2.21. The number of aliphatic carboxylic acids is 1. The number of carboxylic acids is 1. The number of phenolic OH excluding ortho intramolecular Hbond substituents is 1. The van der Waals surface area contributed by atoms with Crippen molar-refractivity contribution < 1.29 is 15.0 Å². The van der Waals surface area contributed by atoms with Crippen molar-refractivity contribution in [2.24, 2.45) is 5.73 Å². The number of hydrogen-bond donors (Lipinski definition) is 3. The Morgan fingerprint density at radius 2 is 1.95 bits per heavy atom. The first-order valence-electron chi connectivity index (χ1n) is 6.94. The largest absolute Gasteiger partial charge is 0.508 e. The summed E-state index contributed by atoms with van der Waals surface area (Å²) in [6.07, 6.45) is 5.30. The van der Waals surface area contributed by atoms with E-state index in [9.17, 15) is 9.90 Å². The Labute approximate surface area is 124 Å². The van der Waals surface area contributed by atoms with Crippen molar-refractivity contribution in [3.05, 3.63) is 28.8 Å². The number of unbranched alkanes of at least 4 members (excludes halogenated alkanes) is 3. The number of benzene rings is 1. The summed E-state index contributed by atoms with van der Waals surface area (Å²) in [4.78, 5) is 10.3. The highest BCUT2D eigenvalue weighted by Gasteiger charge is 2.08. The van der Waals surface area contributed by atoms with Crippen LogP contribution in [0.3, 0.4) is 0 Å². The summed E-state index contributed by atoms with van der Waals surface area (Å²) in [6, 6.07) is 4.95. The lowest BCUT2D eigenvalue weighted by Crippen LogP contribution is -2.22. The topological polar surface area (TPSA) is 83.6 Å². The lowest BCUT2D eigenvalue weighted by molar-refractivity contribution is -0.137. The van der Waals surface area contributed by atoms with Gasteiger partial charge in [-0.15, -0.1) is 0 Å². The van der Waals surface area contributed by atoms with Gasteiger partial charge in [-0.05, 0) is 43.0 Å². The van der Waals surface area contributed by atoms with E-state index in [1.165, 1.54) is 0 Å². The van der Waals surface area contributed by atoms with Crippen LogP contribution < -0.4 is 5.73 Å². The van der Waals surface area contributed by atoms with Gasteiger partial charge in [0.1, 0.15) is 5.75 Å². The number of aromatic hydroxyl groups is 1. The van der Waals surface area contributed by atoms with E-state index in [1.54, 1.807) is 18.2 Å². The predicted octanol–water partition coefficient (Wildman–Crippen LogP) is 3.34. The van der Waals surface area contributed by atoms with Crippen LogP contribution in [0.4, 0.5) is 0 Å². The van der Waals surface area contributed by atoms with E-state index in [-0.39, 0.29) is 18.2 Å². The fraction of sp³-hybridized carbons (Fsp3) is 0.533. The van der Waals surface area contributed by atoms with Gasteiger partial charge in [-0.2, -0.15) is 0 Å². The van der Waals surface area contributed by atoms with E-state index < -0.39 is 5.97 Å². The van der Waals surface area contributed by atoms with Gasteiger partial charge in [0, 0.05) is 17.5 Å². The second-order valence-electron chi connectivity index (χ2n) is 5.08. The summed E-state index contributed by atoms with van der Waals surface area (Å²) in [5, 5.41) is 18.8. The Hall–Kier alpha value is -1.26. The third-order valence-electron chi connectivity index (χ3n) is 3.24. The van der Waals surface area contributed by atoms with Crippen molar-refractivity contribution >= 4 is 17.6 Å². The van der Waals surface area contributed by atoms with Crippen LogP contribution in [0.2, 0.25) is 5.02 Å². The Morgan fingerprint density at radius 3 is 2.65 bits per heavy atom. The molecular formula is C15H22ClNO3. The number of carboxylic acid groups (broad SMARTS) is 1. The van der Waals surface area contributed by atoms with E-state index >= 15 is 0 Å². The minimum Gasteiger partial charge on any atom is -0.508 e. The summed E-state index contributed by atoms with van der Waals surface area (Å²) in [6.45, 7) is 0. The van der Waals surface area contributed by atoms with E-state index in [2.05, 4.69) is 0 Å². The van der Waals surface area contributed by atoms with Crippen molar-refractivity contribution in [1.29, 1.82) is 0 Å². The van der Waals surface area contributed by atoms with Crippen LogP contribution in [0.25, 0.3) is 0 Å². The first kappa shape index (κ1) is 16.8.